The third-order valence-corrected chi connectivity index (χ3v) is 3.36. The summed E-state index contributed by atoms with van der Waals surface area (Å²) >= 11 is 6.65. The highest BCUT2D eigenvalue weighted by atomic mass is 79.9. The number of nitrogens with two attached hydrogens (primary N) is 1. The second-order valence-electron chi connectivity index (χ2n) is 3.41. The van der Waals surface area contributed by atoms with E-state index in [1.54, 1.807) is 6.20 Å². The summed E-state index contributed by atoms with van der Waals surface area (Å²) in [6.07, 6.45) is 2.76. The zero-order valence-corrected chi connectivity index (χ0v) is 12.0. The van der Waals surface area contributed by atoms with E-state index < -0.39 is 4.92 Å². The average Bonchev–Trinajstić information content (AvgIpc) is 2.64. The first kappa shape index (κ1) is 13.0. The molecule has 0 aliphatic rings. The molecular weight excluding hydrogens is 370 g/mol. The van der Waals surface area contributed by atoms with Gasteiger partial charge in [0.05, 0.1) is 17.2 Å². The molecule has 0 radical (unpaired) electrons. The Bertz CT molecular complexity index is 613. The lowest BCUT2D eigenvalue weighted by Gasteiger charge is -2.05. The Kier molecular flexibility index (Phi) is 3.62. The number of anilines is 1. The number of nitrogen functional groups attached to an aromatic ring is 1. The summed E-state index contributed by atoms with van der Waals surface area (Å²) in [4.78, 5) is 14.3. The SMILES string of the molecule is Nc1c([N+](=O)[O-])cnn1Cc1ncc(Br)cc1Br. The minimum atomic E-state index is -0.567. The molecule has 0 fully saturated rings. The van der Waals surface area contributed by atoms with Crippen molar-refractivity contribution < 1.29 is 4.92 Å². The monoisotopic (exact) mass is 375 g/mol. The molecule has 2 heterocycles. The lowest BCUT2D eigenvalue weighted by molar-refractivity contribution is -0.384. The Hall–Kier alpha value is -1.48. The summed E-state index contributed by atoms with van der Waals surface area (Å²) in [5.41, 5.74) is 6.12. The first-order chi connectivity index (χ1) is 8.49. The number of rotatable bonds is 3. The molecule has 94 valence electrons. The zero-order chi connectivity index (χ0) is 13.3. The standard InChI is InChI=1S/C9H7Br2N5O2/c10-5-1-6(11)7(13-2-5)4-15-9(12)8(3-14-15)16(17)18/h1-3H,4,12H2. The number of hydrogen-bond donors (Lipinski definition) is 1. The van der Waals surface area contributed by atoms with Crippen molar-refractivity contribution in [1.29, 1.82) is 0 Å². The summed E-state index contributed by atoms with van der Waals surface area (Å²) in [5, 5.41) is 14.5. The largest absolute Gasteiger partial charge is 0.378 e. The first-order valence-corrected chi connectivity index (χ1v) is 6.33. The van der Waals surface area contributed by atoms with E-state index in [0.29, 0.717) is 5.69 Å². The lowest BCUT2D eigenvalue weighted by Crippen LogP contribution is -2.08. The van der Waals surface area contributed by atoms with E-state index in [-0.39, 0.29) is 18.1 Å². The van der Waals surface area contributed by atoms with E-state index in [2.05, 4.69) is 41.9 Å². The fourth-order valence-corrected chi connectivity index (χ4v) is 2.47. The van der Waals surface area contributed by atoms with Crippen LogP contribution in [0.3, 0.4) is 0 Å². The molecule has 0 amide bonds. The van der Waals surface area contributed by atoms with Gasteiger partial charge in [-0.1, -0.05) is 0 Å². The van der Waals surface area contributed by atoms with Crippen molar-refractivity contribution in [2.45, 2.75) is 6.54 Å². The number of hydrogen-bond acceptors (Lipinski definition) is 5. The molecule has 0 bridgehead atoms. The van der Waals surface area contributed by atoms with Crippen LogP contribution in [0, 0.1) is 10.1 Å². The Morgan fingerprint density at radius 1 is 1.44 bits per heavy atom. The van der Waals surface area contributed by atoms with E-state index in [0.717, 1.165) is 15.1 Å². The zero-order valence-electron chi connectivity index (χ0n) is 8.88. The fourth-order valence-electron chi connectivity index (χ4n) is 1.35. The molecule has 0 unspecified atom stereocenters. The number of pyridine rings is 1. The van der Waals surface area contributed by atoms with Crippen molar-refractivity contribution in [3.05, 3.63) is 43.2 Å². The average molecular weight is 377 g/mol. The third kappa shape index (κ3) is 2.51. The predicted molar refractivity (Wildman–Crippen MR) is 72.0 cm³/mol. The summed E-state index contributed by atoms with van der Waals surface area (Å²) in [5.74, 6) is 0.0108. The van der Waals surface area contributed by atoms with E-state index >= 15 is 0 Å². The number of nitro groups is 1. The highest BCUT2D eigenvalue weighted by Gasteiger charge is 2.18. The maximum absolute atomic E-state index is 10.6. The predicted octanol–water partition coefficient (Wildman–Crippen LogP) is 2.34. The van der Waals surface area contributed by atoms with E-state index in [9.17, 15) is 10.1 Å². The third-order valence-electron chi connectivity index (χ3n) is 2.24. The van der Waals surface area contributed by atoms with E-state index in [1.165, 1.54) is 4.68 Å². The maximum Gasteiger partial charge on any atom is 0.330 e. The first-order valence-electron chi connectivity index (χ1n) is 4.74. The summed E-state index contributed by atoms with van der Waals surface area (Å²) in [6.45, 7) is 0.257. The van der Waals surface area contributed by atoms with Crippen LogP contribution in [0.4, 0.5) is 11.5 Å². The highest BCUT2D eigenvalue weighted by Crippen LogP contribution is 2.24. The van der Waals surface area contributed by atoms with Gasteiger partial charge in [-0.05, 0) is 37.9 Å². The molecule has 2 rings (SSSR count). The molecule has 18 heavy (non-hydrogen) atoms. The van der Waals surface area contributed by atoms with Crippen molar-refractivity contribution in [2.24, 2.45) is 0 Å². The van der Waals surface area contributed by atoms with E-state index in [1.807, 2.05) is 6.07 Å². The molecule has 2 aromatic heterocycles. The summed E-state index contributed by atoms with van der Waals surface area (Å²) < 4.78 is 2.94. The second-order valence-corrected chi connectivity index (χ2v) is 5.18. The van der Waals surface area contributed by atoms with Crippen LogP contribution in [0.1, 0.15) is 5.69 Å². The molecule has 7 nitrogen and oxygen atoms in total. The number of nitrogens with zero attached hydrogens (tertiary/aromatic N) is 4. The maximum atomic E-state index is 10.6. The number of aromatic nitrogens is 3. The van der Waals surface area contributed by atoms with Crippen LogP contribution >= 0.6 is 31.9 Å². The van der Waals surface area contributed by atoms with Crippen molar-refractivity contribution in [1.82, 2.24) is 14.8 Å². The minimum Gasteiger partial charge on any atom is -0.378 e. The van der Waals surface area contributed by atoms with Gasteiger partial charge in [-0.2, -0.15) is 5.10 Å². The van der Waals surface area contributed by atoms with Crippen LogP contribution in [-0.4, -0.2) is 19.7 Å². The smallest absolute Gasteiger partial charge is 0.330 e. The molecular formula is C9H7Br2N5O2. The molecule has 0 spiro atoms. The van der Waals surface area contributed by atoms with Crippen LogP contribution in [0.15, 0.2) is 27.4 Å². The Morgan fingerprint density at radius 3 is 2.72 bits per heavy atom. The highest BCUT2D eigenvalue weighted by molar-refractivity contribution is 9.11. The molecule has 0 saturated carbocycles. The van der Waals surface area contributed by atoms with Gasteiger partial charge in [-0.3, -0.25) is 15.1 Å². The van der Waals surface area contributed by atoms with Gasteiger partial charge in [0.15, 0.2) is 0 Å². The van der Waals surface area contributed by atoms with Gasteiger partial charge in [-0.15, -0.1) is 0 Å². The quantitative estimate of drug-likeness (QED) is 0.654. The molecule has 0 saturated heterocycles. The van der Waals surface area contributed by atoms with E-state index in [4.69, 9.17) is 5.73 Å². The van der Waals surface area contributed by atoms with Gasteiger partial charge >= 0.3 is 5.69 Å². The van der Waals surface area contributed by atoms with Crippen molar-refractivity contribution in [3.63, 3.8) is 0 Å². The van der Waals surface area contributed by atoms with Crippen molar-refractivity contribution in [3.8, 4) is 0 Å². The van der Waals surface area contributed by atoms with Crippen molar-refractivity contribution >= 4 is 43.4 Å². The summed E-state index contributed by atoms with van der Waals surface area (Å²) in [7, 11) is 0. The van der Waals surface area contributed by atoms with Crippen molar-refractivity contribution in [2.75, 3.05) is 5.73 Å². The van der Waals surface area contributed by atoms with Crippen LogP contribution in [0.2, 0.25) is 0 Å². The Labute approximate surface area is 118 Å². The van der Waals surface area contributed by atoms with Gasteiger partial charge in [0.1, 0.15) is 6.20 Å². The molecule has 0 aliphatic carbocycles. The van der Waals surface area contributed by atoms with Crippen LogP contribution in [0.25, 0.3) is 0 Å². The van der Waals surface area contributed by atoms with Gasteiger partial charge in [0.25, 0.3) is 0 Å². The molecule has 9 heteroatoms. The Morgan fingerprint density at radius 2 is 2.17 bits per heavy atom. The molecule has 0 aliphatic heterocycles. The lowest BCUT2D eigenvalue weighted by atomic mass is 10.3. The van der Waals surface area contributed by atoms with Gasteiger partial charge in [0, 0.05) is 15.1 Å². The second kappa shape index (κ2) is 5.02. The van der Waals surface area contributed by atoms with Gasteiger partial charge in [-0.25, -0.2) is 4.68 Å². The molecule has 2 aromatic rings. The molecule has 2 N–H and O–H groups in total. The molecule has 0 aromatic carbocycles. The topological polar surface area (TPSA) is 99.9 Å². The number of halogens is 2. The normalized spacial score (nSPS) is 10.6. The van der Waals surface area contributed by atoms with Crippen LogP contribution < -0.4 is 5.73 Å². The Balaban J connectivity index is 2.32. The van der Waals surface area contributed by atoms with Crippen LogP contribution in [0.5, 0.6) is 0 Å². The van der Waals surface area contributed by atoms with Gasteiger partial charge < -0.3 is 5.73 Å². The van der Waals surface area contributed by atoms with Crippen LogP contribution in [-0.2, 0) is 6.54 Å². The molecule has 0 atom stereocenters. The minimum absolute atomic E-state index is 0.0108. The fraction of sp³-hybridized carbons (Fsp3) is 0.111. The summed E-state index contributed by atoms with van der Waals surface area (Å²) in [6, 6.07) is 1.83. The van der Waals surface area contributed by atoms with Gasteiger partial charge in [0.2, 0.25) is 5.82 Å².